The van der Waals surface area contributed by atoms with Gasteiger partial charge in [0.1, 0.15) is 0 Å². The lowest BCUT2D eigenvalue weighted by molar-refractivity contribution is 0.248. The van der Waals surface area contributed by atoms with Gasteiger partial charge in [-0.1, -0.05) is 43.2 Å². The van der Waals surface area contributed by atoms with E-state index in [9.17, 15) is 0 Å². The van der Waals surface area contributed by atoms with Gasteiger partial charge >= 0.3 is 0 Å². The molecule has 20 heavy (non-hydrogen) atoms. The van der Waals surface area contributed by atoms with Crippen LogP contribution in [0.15, 0.2) is 30.3 Å². The van der Waals surface area contributed by atoms with Gasteiger partial charge in [0.05, 0.1) is 0 Å². The molecule has 1 N–H and O–H groups in total. The number of hydrogen-bond donors (Lipinski definition) is 1. The maximum Gasteiger partial charge on any atom is 0.0205 e. The van der Waals surface area contributed by atoms with Crippen molar-refractivity contribution in [3.63, 3.8) is 0 Å². The fraction of sp³-hybridized carbons (Fsp3) is 0.611. The number of benzene rings is 1. The van der Waals surface area contributed by atoms with Crippen LogP contribution in [0.4, 0.5) is 0 Å². The molecule has 1 saturated heterocycles. The molecular weight excluding hydrogens is 244 g/mol. The number of piperidine rings is 1. The number of nitrogens with zero attached hydrogens (tertiary/aromatic N) is 1. The third-order valence-corrected chi connectivity index (χ3v) is 4.05. The summed E-state index contributed by atoms with van der Waals surface area (Å²) in [5.74, 6) is 0. The molecule has 0 unspecified atom stereocenters. The lowest BCUT2D eigenvalue weighted by Crippen LogP contribution is -2.30. The highest BCUT2D eigenvalue weighted by molar-refractivity contribution is 5.14. The van der Waals surface area contributed by atoms with E-state index in [4.69, 9.17) is 0 Å². The van der Waals surface area contributed by atoms with E-state index in [-0.39, 0.29) is 0 Å². The zero-order valence-electron chi connectivity index (χ0n) is 12.7. The first kappa shape index (κ1) is 15.5. The van der Waals surface area contributed by atoms with Gasteiger partial charge in [-0.05, 0) is 63.8 Å². The van der Waals surface area contributed by atoms with Gasteiger partial charge in [-0.2, -0.15) is 0 Å². The molecule has 0 saturated carbocycles. The van der Waals surface area contributed by atoms with Gasteiger partial charge in [0, 0.05) is 6.54 Å². The predicted octanol–water partition coefficient (Wildman–Crippen LogP) is 3.64. The highest BCUT2D eigenvalue weighted by Gasteiger charge is 2.08. The summed E-state index contributed by atoms with van der Waals surface area (Å²) in [5, 5.41) is 3.53. The molecule has 2 nitrogen and oxygen atoms in total. The van der Waals surface area contributed by atoms with Gasteiger partial charge in [-0.15, -0.1) is 0 Å². The van der Waals surface area contributed by atoms with E-state index >= 15 is 0 Å². The molecule has 111 valence electrons. The Hall–Kier alpha value is -0.860. The third-order valence-electron chi connectivity index (χ3n) is 4.05. The zero-order valence-corrected chi connectivity index (χ0v) is 12.7. The molecule has 0 aliphatic carbocycles. The van der Waals surface area contributed by atoms with Crippen LogP contribution >= 0.6 is 0 Å². The van der Waals surface area contributed by atoms with Gasteiger partial charge < -0.3 is 10.2 Å². The summed E-state index contributed by atoms with van der Waals surface area (Å²) >= 11 is 0. The summed E-state index contributed by atoms with van der Waals surface area (Å²) in [6, 6.07) is 10.7. The van der Waals surface area contributed by atoms with Crippen LogP contribution in [-0.4, -0.2) is 31.1 Å². The molecule has 1 aromatic carbocycles. The predicted molar refractivity (Wildman–Crippen MR) is 86.6 cm³/mol. The Morgan fingerprint density at radius 2 is 1.65 bits per heavy atom. The summed E-state index contributed by atoms with van der Waals surface area (Å²) in [6.07, 6.45) is 10.4. The van der Waals surface area contributed by atoms with Crippen molar-refractivity contribution in [2.75, 3.05) is 26.2 Å². The highest BCUT2D eigenvalue weighted by atomic mass is 15.1. The Balaban J connectivity index is 1.38. The standard InChI is InChI=1S/C18H29N2/c1(2-8-14-20-15-9-4-10-16-20)7-13-19-17-18-11-5-3-6-12-18/h3-6,11-12,19H,1-2,7-10,13-17H2. The van der Waals surface area contributed by atoms with Crippen LogP contribution in [0.5, 0.6) is 0 Å². The average molecular weight is 273 g/mol. The maximum atomic E-state index is 3.53. The Bertz CT molecular complexity index is 331. The van der Waals surface area contributed by atoms with Crippen LogP contribution in [0.3, 0.4) is 0 Å². The number of hydrogen-bond acceptors (Lipinski definition) is 2. The Morgan fingerprint density at radius 1 is 0.900 bits per heavy atom. The van der Waals surface area contributed by atoms with Gasteiger partial charge in [0.2, 0.25) is 0 Å². The average Bonchev–Trinajstić information content (AvgIpc) is 2.52. The van der Waals surface area contributed by atoms with Gasteiger partial charge in [0.15, 0.2) is 0 Å². The number of unbranched alkanes of at least 4 members (excludes halogenated alkanes) is 3. The first-order valence-electron chi connectivity index (χ1n) is 8.24. The topological polar surface area (TPSA) is 15.3 Å². The van der Waals surface area contributed by atoms with Gasteiger partial charge in [-0.3, -0.25) is 0 Å². The number of nitrogens with one attached hydrogen (secondary N) is 1. The van der Waals surface area contributed by atoms with Crippen LogP contribution in [-0.2, 0) is 6.54 Å². The maximum absolute atomic E-state index is 3.53. The van der Waals surface area contributed by atoms with Crippen LogP contribution in [0.25, 0.3) is 0 Å². The Morgan fingerprint density at radius 3 is 2.45 bits per heavy atom. The van der Waals surface area contributed by atoms with Crippen molar-refractivity contribution in [2.24, 2.45) is 0 Å². The van der Waals surface area contributed by atoms with Crippen molar-refractivity contribution in [1.82, 2.24) is 10.2 Å². The Kier molecular flexibility index (Phi) is 7.73. The quantitative estimate of drug-likeness (QED) is 0.691. The van der Waals surface area contributed by atoms with Gasteiger partial charge in [0.25, 0.3) is 0 Å². The molecular formula is C18H29N2. The lowest BCUT2D eigenvalue weighted by atomic mass is 10.1. The van der Waals surface area contributed by atoms with Crippen LogP contribution in [0, 0.1) is 6.42 Å². The minimum absolute atomic E-state index is 1.01. The summed E-state index contributed by atoms with van der Waals surface area (Å²) in [5.41, 5.74) is 1.38. The molecule has 1 aromatic rings. The van der Waals surface area contributed by atoms with E-state index in [0.29, 0.717) is 0 Å². The molecule has 0 amide bonds. The summed E-state index contributed by atoms with van der Waals surface area (Å²) in [7, 11) is 0. The minimum Gasteiger partial charge on any atom is -0.313 e. The van der Waals surface area contributed by atoms with Crippen molar-refractivity contribution in [3.8, 4) is 0 Å². The molecule has 1 fully saturated rings. The molecule has 0 aromatic heterocycles. The summed E-state index contributed by atoms with van der Waals surface area (Å²) in [4.78, 5) is 2.62. The van der Waals surface area contributed by atoms with E-state index in [1.807, 2.05) is 0 Å². The lowest BCUT2D eigenvalue weighted by Gasteiger charge is -2.26. The molecule has 2 rings (SSSR count). The van der Waals surface area contributed by atoms with E-state index < -0.39 is 0 Å². The summed E-state index contributed by atoms with van der Waals surface area (Å²) < 4.78 is 0. The van der Waals surface area contributed by atoms with Crippen molar-refractivity contribution in [3.05, 3.63) is 42.3 Å². The molecule has 0 atom stereocenters. The van der Waals surface area contributed by atoms with Crippen molar-refractivity contribution in [1.29, 1.82) is 0 Å². The van der Waals surface area contributed by atoms with Crippen molar-refractivity contribution >= 4 is 0 Å². The first-order chi connectivity index (χ1) is 9.95. The van der Waals surface area contributed by atoms with E-state index in [1.165, 1.54) is 63.7 Å². The van der Waals surface area contributed by atoms with E-state index in [2.05, 4.69) is 47.0 Å². The number of likely N-dealkylation sites (tertiary alicyclic amines) is 1. The fourth-order valence-electron chi connectivity index (χ4n) is 2.80. The van der Waals surface area contributed by atoms with Gasteiger partial charge in [-0.25, -0.2) is 0 Å². The van der Waals surface area contributed by atoms with Crippen molar-refractivity contribution in [2.45, 2.75) is 45.1 Å². The molecule has 1 radical (unpaired) electrons. The molecule has 0 bridgehead atoms. The van der Waals surface area contributed by atoms with Crippen LogP contribution in [0.2, 0.25) is 0 Å². The minimum atomic E-state index is 1.01. The van der Waals surface area contributed by atoms with Crippen molar-refractivity contribution < 1.29 is 0 Å². The second-order valence-electron chi connectivity index (χ2n) is 5.78. The SMILES string of the molecule is [CH]1CCN(CCCCCCNCc2ccccc2)CC1. The molecule has 2 heteroatoms. The summed E-state index contributed by atoms with van der Waals surface area (Å²) in [6.45, 7) is 6.04. The number of rotatable bonds is 9. The zero-order chi connectivity index (χ0) is 13.9. The second-order valence-corrected chi connectivity index (χ2v) is 5.78. The monoisotopic (exact) mass is 273 g/mol. The fourth-order valence-corrected chi connectivity index (χ4v) is 2.80. The molecule has 0 spiro atoms. The molecule has 1 aliphatic heterocycles. The van der Waals surface area contributed by atoms with Crippen LogP contribution in [0.1, 0.15) is 44.1 Å². The molecule has 1 heterocycles. The second kappa shape index (κ2) is 9.95. The van der Waals surface area contributed by atoms with Crippen LogP contribution < -0.4 is 5.32 Å². The smallest absolute Gasteiger partial charge is 0.0205 e. The molecule has 1 aliphatic rings. The highest BCUT2D eigenvalue weighted by Crippen LogP contribution is 2.09. The third kappa shape index (κ3) is 6.53. The van der Waals surface area contributed by atoms with E-state index in [1.54, 1.807) is 0 Å². The normalized spacial score (nSPS) is 16.4. The first-order valence-corrected chi connectivity index (χ1v) is 8.24. The largest absolute Gasteiger partial charge is 0.313 e. The Labute approximate surface area is 124 Å². The van der Waals surface area contributed by atoms with E-state index in [0.717, 1.165) is 13.1 Å².